The van der Waals surface area contributed by atoms with E-state index in [1.807, 2.05) is 48.5 Å². The Morgan fingerprint density at radius 2 is 1.15 bits per heavy atom. The van der Waals surface area contributed by atoms with Gasteiger partial charge in [-0.1, -0.05) is 24.3 Å². The van der Waals surface area contributed by atoms with Gasteiger partial charge in [0.15, 0.2) is 11.4 Å². The third kappa shape index (κ3) is 3.17. The lowest BCUT2D eigenvalue weighted by atomic mass is 10.0. The Hall–Kier alpha value is -3.90. The van der Waals surface area contributed by atoms with E-state index >= 15 is 0 Å². The molecule has 2 aromatic carbocycles. The highest BCUT2D eigenvalue weighted by Crippen LogP contribution is 2.33. The summed E-state index contributed by atoms with van der Waals surface area (Å²) >= 11 is 0. The molecule has 0 unspecified atom stereocenters. The van der Waals surface area contributed by atoms with Crippen molar-refractivity contribution in [3.63, 3.8) is 0 Å². The first-order chi connectivity index (χ1) is 12.7. The number of benzene rings is 2. The maximum Gasteiger partial charge on any atom is 0.177 e. The molecule has 0 saturated carbocycles. The normalized spacial score (nSPS) is 9.85. The van der Waals surface area contributed by atoms with Crippen LogP contribution in [0.3, 0.4) is 0 Å². The van der Waals surface area contributed by atoms with E-state index in [0.717, 1.165) is 11.1 Å². The number of hydrogen-bond acceptors (Lipinski definition) is 6. The van der Waals surface area contributed by atoms with Crippen LogP contribution < -0.4 is 9.47 Å². The van der Waals surface area contributed by atoms with Crippen LogP contribution in [-0.2, 0) is 0 Å². The molecule has 0 bridgehead atoms. The summed E-state index contributed by atoms with van der Waals surface area (Å²) in [6.45, 7) is 0. The van der Waals surface area contributed by atoms with E-state index in [2.05, 4.69) is 9.97 Å². The number of nitriles is 2. The molecule has 0 radical (unpaired) electrons. The van der Waals surface area contributed by atoms with Gasteiger partial charge in [-0.25, -0.2) is 9.97 Å². The fraction of sp³-hybridized carbons (Fsp3) is 0.100. The van der Waals surface area contributed by atoms with Crippen molar-refractivity contribution in [2.75, 3.05) is 14.2 Å². The predicted octanol–water partition coefficient (Wildman–Crippen LogP) is 3.57. The molecule has 3 rings (SSSR count). The van der Waals surface area contributed by atoms with Crippen molar-refractivity contribution in [1.82, 2.24) is 9.97 Å². The maximum absolute atomic E-state index is 9.32. The highest BCUT2D eigenvalue weighted by atomic mass is 16.5. The highest BCUT2D eigenvalue weighted by Gasteiger charge is 2.17. The molecule has 126 valence electrons. The summed E-state index contributed by atoms with van der Waals surface area (Å²) in [5, 5.41) is 18.6. The average Bonchev–Trinajstić information content (AvgIpc) is 2.72. The number of aromatic nitrogens is 2. The van der Waals surface area contributed by atoms with Gasteiger partial charge in [-0.2, -0.15) is 10.5 Å². The van der Waals surface area contributed by atoms with Gasteiger partial charge in [0, 0.05) is 11.1 Å². The number of rotatable bonds is 4. The van der Waals surface area contributed by atoms with E-state index in [-0.39, 0.29) is 11.4 Å². The van der Waals surface area contributed by atoms with Crippen LogP contribution >= 0.6 is 0 Å². The highest BCUT2D eigenvalue weighted by molar-refractivity contribution is 5.79. The summed E-state index contributed by atoms with van der Waals surface area (Å²) in [6.07, 6.45) is 0. The SMILES string of the molecule is COc1cccc(-c2nc(C#N)c(C#N)nc2-c2cccc(OC)c2)c1. The molecule has 0 N–H and O–H groups in total. The van der Waals surface area contributed by atoms with Crippen molar-refractivity contribution in [1.29, 1.82) is 10.5 Å². The van der Waals surface area contributed by atoms with Crippen LogP contribution in [0.4, 0.5) is 0 Å². The third-order valence-corrected chi connectivity index (χ3v) is 3.79. The second-order valence-corrected chi connectivity index (χ2v) is 5.31. The topological polar surface area (TPSA) is 91.8 Å². The first-order valence-corrected chi connectivity index (χ1v) is 7.71. The third-order valence-electron chi connectivity index (χ3n) is 3.79. The van der Waals surface area contributed by atoms with E-state index in [4.69, 9.17) is 9.47 Å². The Labute approximate surface area is 150 Å². The fourth-order valence-electron chi connectivity index (χ4n) is 2.53. The summed E-state index contributed by atoms with van der Waals surface area (Å²) in [4.78, 5) is 8.79. The zero-order chi connectivity index (χ0) is 18.5. The van der Waals surface area contributed by atoms with Gasteiger partial charge in [0.05, 0.1) is 25.6 Å². The molecule has 3 aromatic rings. The van der Waals surface area contributed by atoms with Gasteiger partial charge in [-0.05, 0) is 24.3 Å². The molecule has 0 aliphatic heterocycles. The smallest absolute Gasteiger partial charge is 0.177 e. The zero-order valence-corrected chi connectivity index (χ0v) is 14.2. The van der Waals surface area contributed by atoms with Gasteiger partial charge in [0.2, 0.25) is 0 Å². The number of ether oxygens (including phenoxy) is 2. The molecule has 0 amide bonds. The minimum absolute atomic E-state index is 0.0167. The molecule has 0 atom stereocenters. The van der Waals surface area contributed by atoms with E-state index in [0.29, 0.717) is 22.9 Å². The summed E-state index contributed by atoms with van der Waals surface area (Å²) in [6, 6.07) is 18.5. The first-order valence-electron chi connectivity index (χ1n) is 7.71. The van der Waals surface area contributed by atoms with E-state index in [1.54, 1.807) is 26.4 Å². The average molecular weight is 342 g/mol. The summed E-state index contributed by atoms with van der Waals surface area (Å²) in [5.74, 6) is 1.31. The Bertz CT molecular complexity index is 964. The van der Waals surface area contributed by atoms with Gasteiger partial charge in [0.1, 0.15) is 23.6 Å². The van der Waals surface area contributed by atoms with Gasteiger partial charge >= 0.3 is 0 Å². The molecule has 1 heterocycles. The van der Waals surface area contributed by atoms with Crippen LogP contribution in [-0.4, -0.2) is 24.2 Å². The second-order valence-electron chi connectivity index (χ2n) is 5.31. The number of methoxy groups -OCH3 is 2. The minimum Gasteiger partial charge on any atom is -0.497 e. The van der Waals surface area contributed by atoms with Gasteiger partial charge in [-0.15, -0.1) is 0 Å². The first kappa shape index (κ1) is 16.9. The van der Waals surface area contributed by atoms with Crippen LogP contribution in [0.2, 0.25) is 0 Å². The van der Waals surface area contributed by atoms with Crippen LogP contribution in [0.25, 0.3) is 22.5 Å². The van der Waals surface area contributed by atoms with E-state index in [1.165, 1.54) is 0 Å². The molecule has 0 spiro atoms. The van der Waals surface area contributed by atoms with Crippen molar-refractivity contribution in [3.8, 4) is 46.2 Å². The van der Waals surface area contributed by atoms with Gasteiger partial charge < -0.3 is 9.47 Å². The molecule has 0 saturated heterocycles. The lowest BCUT2D eigenvalue weighted by Gasteiger charge is -2.11. The Morgan fingerprint density at radius 3 is 1.50 bits per heavy atom. The van der Waals surface area contributed by atoms with E-state index < -0.39 is 0 Å². The van der Waals surface area contributed by atoms with Crippen molar-refractivity contribution < 1.29 is 9.47 Å². The molecule has 26 heavy (non-hydrogen) atoms. The zero-order valence-electron chi connectivity index (χ0n) is 14.2. The molecule has 6 nitrogen and oxygen atoms in total. The molecule has 1 aromatic heterocycles. The Morgan fingerprint density at radius 1 is 0.731 bits per heavy atom. The van der Waals surface area contributed by atoms with Crippen molar-refractivity contribution >= 4 is 0 Å². The lowest BCUT2D eigenvalue weighted by molar-refractivity contribution is 0.415. The van der Waals surface area contributed by atoms with Gasteiger partial charge in [0.25, 0.3) is 0 Å². The largest absolute Gasteiger partial charge is 0.497 e. The molecule has 0 aliphatic rings. The van der Waals surface area contributed by atoms with Crippen LogP contribution in [0, 0.1) is 22.7 Å². The predicted molar refractivity (Wildman–Crippen MR) is 95.4 cm³/mol. The molecule has 6 heteroatoms. The number of hydrogen-bond donors (Lipinski definition) is 0. The minimum atomic E-state index is -0.0167. The summed E-state index contributed by atoms with van der Waals surface area (Å²) < 4.78 is 10.5. The molecular formula is C20H14N4O2. The fourth-order valence-corrected chi connectivity index (χ4v) is 2.53. The second kappa shape index (κ2) is 7.33. The number of nitrogens with zero attached hydrogens (tertiary/aromatic N) is 4. The lowest BCUT2D eigenvalue weighted by Crippen LogP contribution is -2.01. The monoisotopic (exact) mass is 342 g/mol. The maximum atomic E-state index is 9.32. The van der Waals surface area contributed by atoms with E-state index in [9.17, 15) is 10.5 Å². The van der Waals surface area contributed by atoms with Crippen molar-refractivity contribution in [2.45, 2.75) is 0 Å². The standard InChI is InChI=1S/C20H14N4O2/c1-25-15-7-3-5-13(9-15)19-20(14-6-4-8-16(10-14)26-2)24-18(12-22)17(11-21)23-19/h3-10H,1-2H3. The Balaban J connectivity index is 2.31. The molecular weight excluding hydrogens is 328 g/mol. The summed E-state index contributed by atoms with van der Waals surface area (Å²) in [5.41, 5.74) is 2.42. The van der Waals surface area contributed by atoms with Crippen LogP contribution in [0.5, 0.6) is 11.5 Å². The quantitative estimate of drug-likeness (QED) is 0.720. The Kier molecular flexibility index (Phi) is 4.78. The van der Waals surface area contributed by atoms with Crippen molar-refractivity contribution in [3.05, 3.63) is 59.9 Å². The van der Waals surface area contributed by atoms with Gasteiger partial charge in [-0.3, -0.25) is 0 Å². The van der Waals surface area contributed by atoms with Crippen LogP contribution in [0.1, 0.15) is 11.4 Å². The molecule has 0 fully saturated rings. The van der Waals surface area contributed by atoms with Crippen LogP contribution in [0.15, 0.2) is 48.5 Å². The van der Waals surface area contributed by atoms with Crippen molar-refractivity contribution in [2.24, 2.45) is 0 Å². The summed E-state index contributed by atoms with van der Waals surface area (Å²) in [7, 11) is 3.15. The molecule has 0 aliphatic carbocycles.